The number of aromatic amines is 1. The third kappa shape index (κ3) is 3.06. The molecule has 0 bridgehead atoms. The number of methoxy groups -OCH3 is 1. The summed E-state index contributed by atoms with van der Waals surface area (Å²) >= 11 is 1.56. The molecule has 0 aliphatic heterocycles. The van der Waals surface area contributed by atoms with Gasteiger partial charge in [0.15, 0.2) is 5.75 Å². The van der Waals surface area contributed by atoms with Crippen LogP contribution in [0.25, 0.3) is 32.6 Å². The quantitative estimate of drug-likeness (QED) is 0.415. The van der Waals surface area contributed by atoms with Gasteiger partial charge in [-0.25, -0.2) is 14.0 Å². The highest BCUT2D eigenvalue weighted by atomic mass is 32.1. The fraction of sp³-hybridized carbons (Fsp3) is 0.292. The SMILES string of the molecule is COc1cnn(-c2cc3cc(-n4c(=O)[nH]c5sc6c(c5c4=O)CCCCC6)ccc3n2C)c1. The van der Waals surface area contributed by atoms with Gasteiger partial charge >= 0.3 is 5.69 Å². The normalized spacial score (nSPS) is 14.0. The van der Waals surface area contributed by atoms with E-state index < -0.39 is 5.69 Å². The van der Waals surface area contributed by atoms with Crippen LogP contribution in [0.3, 0.4) is 0 Å². The van der Waals surface area contributed by atoms with E-state index in [-0.39, 0.29) is 5.56 Å². The van der Waals surface area contributed by atoms with Gasteiger partial charge in [-0.2, -0.15) is 5.10 Å². The fourth-order valence-electron chi connectivity index (χ4n) is 4.87. The minimum Gasteiger partial charge on any atom is -0.493 e. The third-order valence-electron chi connectivity index (χ3n) is 6.55. The maximum Gasteiger partial charge on any atom is 0.334 e. The van der Waals surface area contributed by atoms with Gasteiger partial charge in [0.05, 0.1) is 30.6 Å². The van der Waals surface area contributed by atoms with Crippen LogP contribution in [0.4, 0.5) is 0 Å². The van der Waals surface area contributed by atoms with E-state index in [4.69, 9.17) is 4.74 Å². The van der Waals surface area contributed by atoms with Crippen molar-refractivity contribution in [2.45, 2.75) is 32.1 Å². The van der Waals surface area contributed by atoms with E-state index in [0.717, 1.165) is 48.0 Å². The van der Waals surface area contributed by atoms with Crippen LogP contribution in [0, 0.1) is 0 Å². The molecule has 4 heterocycles. The molecule has 1 aliphatic carbocycles. The lowest BCUT2D eigenvalue weighted by atomic mass is 10.1. The number of nitrogens with zero attached hydrogens (tertiary/aromatic N) is 4. The molecule has 5 aromatic rings. The summed E-state index contributed by atoms with van der Waals surface area (Å²) in [5.74, 6) is 1.52. The first-order valence-corrected chi connectivity index (χ1v) is 11.9. The second kappa shape index (κ2) is 7.48. The van der Waals surface area contributed by atoms with Gasteiger partial charge in [-0.05, 0) is 55.5 Å². The van der Waals surface area contributed by atoms with Gasteiger partial charge < -0.3 is 9.30 Å². The molecule has 0 fully saturated rings. The zero-order chi connectivity index (χ0) is 22.7. The molecule has 168 valence electrons. The standard InChI is InChI=1S/C24H23N5O3S/c1-27-18-9-8-15(10-14(18)11-20(27)28-13-16(32-2)12-25-28)29-23(30)21-17-6-4-3-5-7-19(17)33-22(21)26-24(29)31/h8-13H,3-7H2,1-2H3,(H,26,31). The lowest BCUT2D eigenvalue weighted by molar-refractivity contribution is 0.414. The van der Waals surface area contributed by atoms with E-state index in [0.29, 0.717) is 21.7 Å². The van der Waals surface area contributed by atoms with Crippen LogP contribution in [0.1, 0.15) is 29.7 Å². The van der Waals surface area contributed by atoms with Crippen molar-refractivity contribution in [2.24, 2.45) is 7.05 Å². The summed E-state index contributed by atoms with van der Waals surface area (Å²) in [6, 6.07) is 7.62. The Bertz CT molecular complexity index is 1650. The average molecular weight is 462 g/mol. The van der Waals surface area contributed by atoms with Crippen LogP contribution in [-0.2, 0) is 19.9 Å². The average Bonchev–Trinajstić information content (AvgIpc) is 3.45. The summed E-state index contributed by atoms with van der Waals surface area (Å²) in [5, 5.41) is 5.95. The number of hydrogen-bond donors (Lipinski definition) is 1. The van der Waals surface area contributed by atoms with Gasteiger partial charge in [0.2, 0.25) is 0 Å². The Kier molecular flexibility index (Phi) is 4.55. The van der Waals surface area contributed by atoms with Gasteiger partial charge in [-0.1, -0.05) is 6.42 Å². The predicted molar refractivity (Wildman–Crippen MR) is 129 cm³/mol. The van der Waals surface area contributed by atoms with Crippen LogP contribution < -0.4 is 16.0 Å². The van der Waals surface area contributed by atoms with E-state index in [2.05, 4.69) is 10.1 Å². The Morgan fingerprint density at radius 1 is 1.12 bits per heavy atom. The van der Waals surface area contributed by atoms with Crippen LogP contribution in [0.2, 0.25) is 0 Å². The highest BCUT2D eigenvalue weighted by molar-refractivity contribution is 7.18. The summed E-state index contributed by atoms with van der Waals surface area (Å²) in [6.07, 6.45) is 8.72. The van der Waals surface area contributed by atoms with Crippen LogP contribution >= 0.6 is 11.3 Å². The molecule has 0 spiro atoms. The summed E-state index contributed by atoms with van der Waals surface area (Å²) < 4.78 is 10.3. The Morgan fingerprint density at radius 2 is 1.97 bits per heavy atom. The van der Waals surface area contributed by atoms with Crippen LogP contribution in [0.15, 0.2) is 46.2 Å². The molecule has 33 heavy (non-hydrogen) atoms. The molecule has 0 saturated heterocycles. The van der Waals surface area contributed by atoms with Crippen molar-refractivity contribution in [1.82, 2.24) is 23.9 Å². The van der Waals surface area contributed by atoms with E-state index in [9.17, 15) is 9.59 Å². The number of H-pyrrole nitrogens is 1. The van der Waals surface area contributed by atoms with Crippen LogP contribution in [0.5, 0.6) is 5.75 Å². The smallest absolute Gasteiger partial charge is 0.334 e. The first kappa shape index (κ1) is 20.0. The predicted octanol–water partition coefficient (Wildman–Crippen LogP) is 3.70. The molecule has 0 unspecified atom stereocenters. The molecule has 8 nitrogen and oxygen atoms in total. The Balaban J connectivity index is 1.53. The van der Waals surface area contributed by atoms with Gasteiger partial charge in [0.25, 0.3) is 5.56 Å². The van der Waals surface area contributed by atoms with E-state index in [1.54, 1.807) is 35.5 Å². The van der Waals surface area contributed by atoms with Gasteiger partial charge in [0, 0.05) is 22.8 Å². The number of benzene rings is 1. The molecule has 9 heteroatoms. The van der Waals surface area contributed by atoms with Crippen molar-refractivity contribution in [3.63, 3.8) is 0 Å². The highest BCUT2D eigenvalue weighted by Crippen LogP contribution is 2.32. The molecule has 1 N–H and O–H groups in total. The number of fused-ring (bicyclic) bond motifs is 4. The molecule has 6 rings (SSSR count). The molecule has 0 saturated carbocycles. The number of ether oxygens (including phenoxy) is 1. The van der Waals surface area contributed by atoms with Gasteiger partial charge in [0.1, 0.15) is 10.6 Å². The highest BCUT2D eigenvalue weighted by Gasteiger charge is 2.21. The van der Waals surface area contributed by atoms with E-state index in [1.165, 1.54) is 15.9 Å². The summed E-state index contributed by atoms with van der Waals surface area (Å²) in [4.78, 5) is 31.5. The third-order valence-corrected chi connectivity index (χ3v) is 7.76. The monoisotopic (exact) mass is 461 g/mol. The Hall–Kier alpha value is -3.59. The van der Waals surface area contributed by atoms with E-state index >= 15 is 0 Å². The molecular formula is C24H23N5O3S. The zero-order valence-electron chi connectivity index (χ0n) is 18.4. The zero-order valence-corrected chi connectivity index (χ0v) is 19.2. The molecule has 4 aromatic heterocycles. The number of thiophene rings is 1. The number of aromatic nitrogens is 5. The van der Waals surface area contributed by atoms with Gasteiger partial charge in [-0.3, -0.25) is 9.78 Å². The first-order valence-electron chi connectivity index (χ1n) is 11.0. The maximum atomic E-state index is 13.6. The summed E-state index contributed by atoms with van der Waals surface area (Å²) in [6.45, 7) is 0. The lowest BCUT2D eigenvalue weighted by Crippen LogP contribution is -2.33. The molecule has 1 aromatic carbocycles. The van der Waals surface area contributed by atoms with Gasteiger partial charge in [-0.15, -0.1) is 11.3 Å². The largest absolute Gasteiger partial charge is 0.493 e. The topological polar surface area (TPSA) is 86.8 Å². The van der Waals surface area contributed by atoms with Crippen molar-refractivity contribution >= 4 is 32.5 Å². The molecular weight excluding hydrogens is 438 g/mol. The van der Waals surface area contributed by atoms with E-state index in [1.807, 2.05) is 35.9 Å². The van der Waals surface area contributed by atoms with Crippen molar-refractivity contribution in [3.05, 3.63) is 67.9 Å². The molecule has 0 amide bonds. The number of nitrogens with one attached hydrogen (secondary N) is 1. The van der Waals surface area contributed by atoms with Crippen molar-refractivity contribution in [1.29, 1.82) is 0 Å². The first-order chi connectivity index (χ1) is 16.0. The minimum atomic E-state index is -0.406. The maximum absolute atomic E-state index is 13.6. The van der Waals surface area contributed by atoms with Crippen molar-refractivity contribution in [2.75, 3.05) is 7.11 Å². The Labute approximate surface area is 192 Å². The molecule has 1 aliphatic rings. The number of hydrogen-bond acceptors (Lipinski definition) is 5. The molecule has 0 radical (unpaired) electrons. The summed E-state index contributed by atoms with van der Waals surface area (Å²) in [5.41, 5.74) is 2.01. The Morgan fingerprint density at radius 3 is 2.79 bits per heavy atom. The summed E-state index contributed by atoms with van der Waals surface area (Å²) in [7, 11) is 3.56. The number of rotatable bonds is 3. The minimum absolute atomic E-state index is 0.236. The van der Waals surface area contributed by atoms with Crippen LogP contribution in [-0.4, -0.2) is 31.0 Å². The van der Waals surface area contributed by atoms with Crippen molar-refractivity contribution < 1.29 is 4.74 Å². The second-order valence-electron chi connectivity index (χ2n) is 8.47. The second-order valence-corrected chi connectivity index (χ2v) is 9.57. The number of aryl methyl sites for hydroxylation is 3. The van der Waals surface area contributed by atoms with Crippen molar-refractivity contribution in [3.8, 4) is 17.3 Å². The molecule has 0 atom stereocenters. The fourth-order valence-corrected chi connectivity index (χ4v) is 6.14. The lowest BCUT2D eigenvalue weighted by Gasteiger charge is -2.07.